The fourth-order valence-corrected chi connectivity index (χ4v) is 2.53. The summed E-state index contributed by atoms with van der Waals surface area (Å²) in [6, 6.07) is 9.49. The molecular weight excluding hydrogens is 347 g/mol. The van der Waals surface area contributed by atoms with E-state index in [4.69, 9.17) is 0 Å². The average molecular weight is 361 g/mol. The number of amides is 1. The number of phenols is 1. The molecule has 0 unspecified atom stereocenters. The number of nitrogens with one attached hydrogen (secondary N) is 2. The molecule has 8 heteroatoms. The number of fused-ring (bicyclic) bond motifs is 1. The topological polar surface area (TPSA) is 74.2 Å². The maximum absolute atomic E-state index is 12.9. The number of rotatable bonds is 3. The van der Waals surface area contributed by atoms with E-state index in [1.54, 1.807) is 12.1 Å². The zero-order chi connectivity index (χ0) is 18.9. The maximum Gasteiger partial charge on any atom is 0.416 e. The second-order valence-electron chi connectivity index (χ2n) is 5.60. The van der Waals surface area contributed by atoms with E-state index in [1.165, 1.54) is 31.3 Å². The lowest BCUT2D eigenvalue weighted by molar-refractivity contribution is -0.137. The Bertz CT molecular complexity index is 987. The van der Waals surface area contributed by atoms with Crippen LogP contribution < -0.4 is 10.6 Å². The molecule has 0 radical (unpaired) electrons. The van der Waals surface area contributed by atoms with Gasteiger partial charge in [0.25, 0.3) is 0 Å². The van der Waals surface area contributed by atoms with Gasteiger partial charge in [0.05, 0.1) is 11.3 Å². The van der Waals surface area contributed by atoms with Crippen LogP contribution in [0, 0.1) is 0 Å². The molecule has 0 aliphatic heterocycles. The molecule has 0 saturated heterocycles. The van der Waals surface area contributed by atoms with Gasteiger partial charge in [-0.15, -0.1) is 0 Å². The van der Waals surface area contributed by atoms with Gasteiger partial charge in [-0.2, -0.15) is 13.2 Å². The van der Waals surface area contributed by atoms with E-state index in [2.05, 4.69) is 15.6 Å². The highest BCUT2D eigenvalue weighted by atomic mass is 19.4. The van der Waals surface area contributed by atoms with E-state index in [0.717, 1.165) is 12.1 Å². The number of aromatic hydroxyl groups is 1. The van der Waals surface area contributed by atoms with Gasteiger partial charge in [-0.25, -0.2) is 0 Å². The minimum Gasteiger partial charge on any atom is -0.504 e. The number of halogens is 3. The Balaban J connectivity index is 2.01. The van der Waals surface area contributed by atoms with Crippen LogP contribution >= 0.6 is 0 Å². The molecule has 1 aromatic heterocycles. The molecule has 0 saturated carbocycles. The van der Waals surface area contributed by atoms with Crippen LogP contribution in [0.5, 0.6) is 5.75 Å². The van der Waals surface area contributed by atoms with Gasteiger partial charge in [-0.05, 0) is 36.4 Å². The van der Waals surface area contributed by atoms with Crippen LogP contribution in [0.3, 0.4) is 0 Å². The summed E-state index contributed by atoms with van der Waals surface area (Å²) in [4.78, 5) is 15.3. The maximum atomic E-state index is 12.9. The molecule has 0 aliphatic carbocycles. The number of alkyl halides is 3. The van der Waals surface area contributed by atoms with E-state index < -0.39 is 11.7 Å². The van der Waals surface area contributed by atoms with Gasteiger partial charge < -0.3 is 15.7 Å². The first-order chi connectivity index (χ1) is 12.3. The standard InChI is InChI=1S/C18H14F3N3O2/c1-10(25)23-15-6-5-13-14(7-8-22-16(13)17(15)26)24-12-4-2-3-11(9-12)18(19,20)21/h2-9,26H,1H3,(H,22,24)(H,23,25). The van der Waals surface area contributed by atoms with Gasteiger partial charge in [0.1, 0.15) is 5.52 Å². The van der Waals surface area contributed by atoms with Crippen LogP contribution in [0.4, 0.5) is 30.2 Å². The molecule has 2 aromatic carbocycles. The lowest BCUT2D eigenvalue weighted by atomic mass is 10.1. The van der Waals surface area contributed by atoms with Gasteiger partial charge in [-0.3, -0.25) is 9.78 Å². The number of hydrogen-bond acceptors (Lipinski definition) is 4. The van der Waals surface area contributed by atoms with Gasteiger partial charge >= 0.3 is 6.18 Å². The number of anilines is 3. The van der Waals surface area contributed by atoms with Crippen LogP contribution in [-0.4, -0.2) is 16.0 Å². The van der Waals surface area contributed by atoms with E-state index in [0.29, 0.717) is 11.1 Å². The van der Waals surface area contributed by atoms with Crippen molar-refractivity contribution in [2.24, 2.45) is 0 Å². The highest BCUT2D eigenvalue weighted by molar-refractivity contribution is 6.01. The molecular formula is C18H14F3N3O2. The van der Waals surface area contributed by atoms with Crippen molar-refractivity contribution in [1.29, 1.82) is 0 Å². The fourth-order valence-electron chi connectivity index (χ4n) is 2.53. The van der Waals surface area contributed by atoms with Crippen LogP contribution in [0.1, 0.15) is 12.5 Å². The van der Waals surface area contributed by atoms with Crippen molar-refractivity contribution >= 4 is 33.9 Å². The predicted octanol–water partition coefficient (Wildman–Crippen LogP) is 4.66. The second kappa shape index (κ2) is 6.55. The summed E-state index contributed by atoms with van der Waals surface area (Å²) in [7, 11) is 0. The van der Waals surface area contributed by atoms with Crippen molar-refractivity contribution in [3.63, 3.8) is 0 Å². The molecule has 0 spiro atoms. The summed E-state index contributed by atoms with van der Waals surface area (Å²) in [6.07, 6.45) is -3.03. The number of phenolic OH excluding ortho intramolecular Hbond substituents is 1. The summed E-state index contributed by atoms with van der Waals surface area (Å²) in [5.74, 6) is -0.566. The summed E-state index contributed by atoms with van der Waals surface area (Å²) >= 11 is 0. The average Bonchev–Trinajstić information content (AvgIpc) is 2.57. The first kappa shape index (κ1) is 17.5. The minimum atomic E-state index is -4.44. The van der Waals surface area contributed by atoms with E-state index >= 15 is 0 Å². The zero-order valence-electron chi connectivity index (χ0n) is 13.6. The smallest absolute Gasteiger partial charge is 0.416 e. The molecule has 0 bridgehead atoms. The van der Waals surface area contributed by atoms with Crippen LogP contribution in [0.15, 0.2) is 48.7 Å². The van der Waals surface area contributed by atoms with E-state index in [1.807, 2.05) is 0 Å². The van der Waals surface area contributed by atoms with Gasteiger partial charge in [0.2, 0.25) is 5.91 Å². The molecule has 0 fully saturated rings. The van der Waals surface area contributed by atoms with Crippen LogP contribution in [-0.2, 0) is 11.0 Å². The lowest BCUT2D eigenvalue weighted by Gasteiger charge is -2.14. The Morgan fingerprint density at radius 1 is 1.12 bits per heavy atom. The molecule has 3 aromatic rings. The Labute approximate surface area is 146 Å². The van der Waals surface area contributed by atoms with Crippen LogP contribution in [0.25, 0.3) is 10.9 Å². The Hall–Kier alpha value is -3.29. The third-order valence-corrected chi connectivity index (χ3v) is 3.67. The molecule has 1 heterocycles. The number of nitrogens with zero attached hydrogens (tertiary/aromatic N) is 1. The van der Waals surface area contributed by atoms with Crippen molar-refractivity contribution in [1.82, 2.24) is 4.98 Å². The summed E-state index contributed by atoms with van der Waals surface area (Å²) in [5, 5.41) is 16.2. The number of pyridine rings is 1. The monoisotopic (exact) mass is 361 g/mol. The van der Waals surface area contributed by atoms with Gasteiger partial charge in [0.15, 0.2) is 5.75 Å². The SMILES string of the molecule is CC(=O)Nc1ccc2c(Nc3cccc(C(F)(F)F)c3)ccnc2c1O. The first-order valence-electron chi connectivity index (χ1n) is 7.58. The van der Waals surface area contributed by atoms with Gasteiger partial charge in [0, 0.05) is 29.9 Å². The lowest BCUT2D eigenvalue weighted by Crippen LogP contribution is -2.06. The quantitative estimate of drug-likeness (QED) is 0.593. The second-order valence-corrected chi connectivity index (χ2v) is 5.60. The summed E-state index contributed by atoms with van der Waals surface area (Å²) in [5.41, 5.74) is 0.371. The largest absolute Gasteiger partial charge is 0.504 e. The zero-order valence-corrected chi connectivity index (χ0v) is 13.6. The normalized spacial score (nSPS) is 11.4. The van der Waals surface area contributed by atoms with Crippen molar-refractivity contribution < 1.29 is 23.1 Å². The summed E-state index contributed by atoms with van der Waals surface area (Å²) < 4.78 is 38.6. The van der Waals surface area contributed by atoms with Crippen molar-refractivity contribution in [2.75, 3.05) is 10.6 Å². The molecule has 0 atom stereocenters. The summed E-state index contributed by atoms with van der Waals surface area (Å²) in [6.45, 7) is 1.31. The Morgan fingerprint density at radius 2 is 1.88 bits per heavy atom. The van der Waals surface area contributed by atoms with E-state index in [9.17, 15) is 23.1 Å². The Morgan fingerprint density at radius 3 is 2.58 bits per heavy atom. The molecule has 3 N–H and O–H groups in total. The predicted molar refractivity (Wildman–Crippen MR) is 92.4 cm³/mol. The third-order valence-electron chi connectivity index (χ3n) is 3.67. The van der Waals surface area contributed by atoms with Crippen molar-refractivity contribution in [2.45, 2.75) is 13.1 Å². The highest BCUT2D eigenvalue weighted by Crippen LogP contribution is 2.36. The molecule has 1 amide bonds. The number of carbonyl (C=O) groups excluding carboxylic acids is 1. The fraction of sp³-hybridized carbons (Fsp3) is 0.111. The van der Waals surface area contributed by atoms with E-state index in [-0.39, 0.29) is 28.5 Å². The number of hydrogen-bond donors (Lipinski definition) is 3. The molecule has 26 heavy (non-hydrogen) atoms. The minimum absolute atomic E-state index is 0.203. The number of benzene rings is 2. The Kier molecular flexibility index (Phi) is 4.41. The van der Waals surface area contributed by atoms with Gasteiger partial charge in [-0.1, -0.05) is 6.07 Å². The van der Waals surface area contributed by atoms with Crippen molar-refractivity contribution in [3.8, 4) is 5.75 Å². The first-order valence-corrected chi connectivity index (χ1v) is 7.58. The van der Waals surface area contributed by atoms with Crippen molar-refractivity contribution in [3.05, 3.63) is 54.2 Å². The highest BCUT2D eigenvalue weighted by Gasteiger charge is 2.30. The van der Waals surface area contributed by atoms with Crippen LogP contribution in [0.2, 0.25) is 0 Å². The number of aromatic nitrogens is 1. The molecule has 3 rings (SSSR count). The molecule has 0 aliphatic rings. The molecule has 134 valence electrons. The molecule has 5 nitrogen and oxygen atoms in total. The third kappa shape index (κ3) is 3.53. The number of carbonyl (C=O) groups is 1.